The van der Waals surface area contributed by atoms with Gasteiger partial charge in [-0.1, -0.05) is 0 Å². The molecule has 0 saturated carbocycles. The maximum atomic E-state index is 12.2. The lowest BCUT2D eigenvalue weighted by atomic mass is 10.3. The minimum atomic E-state index is -0.628. The van der Waals surface area contributed by atoms with Crippen molar-refractivity contribution in [2.75, 3.05) is 184 Å². The Morgan fingerprint density at radius 1 is 0.491 bits per heavy atom. The molecule has 0 aromatic carbocycles. The Balaban J connectivity index is 1.72. The molecule has 2 amide bonds. The van der Waals surface area contributed by atoms with Crippen LogP contribution in [0.2, 0.25) is 0 Å². The van der Waals surface area contributed by atoms with Gasteiger partial charge in [0, 0.05) is 26.6 Å². The Bertz CT molecular complexity index is 1100. The summed E-state index contributed by atoms with van der Waals surface area (Å²) in [5, 5.41) is 5.19. The topological polar surface area (TPSA) is 264 Å². The Morgan fingerprint density at radius 3 is 1.16 bits per heavy atom. The van der Waals surface area contributed by atoms with Gasteiger partial charge in [0.2, 0.25) is 5.91 Å². The highest BCUT2D eigenvalue weighted by Gasteiger charge is 2.16. The number of nitrogens with zero attached hydrogens (tertiary/aromatic N) is 2. The van der Waals surface area contributed by atoms with Crippen LogP contribution in [0.1, 0.15) is 27.4 Å². The predicted octanol–water partition coefficient (Wildman–Crippen LogP) is -1.48. The first-order valence-corrected chi connectivity index (χ1v) is 18.3. The molecule has 0 fully saturated rings. The number of ether oxygens (including phenoxy) is 12. The molecule has 21 heteroatoms. The van der Waals surface area contributed by atoms with E-state index in [1.54, 1.807) is 7.11 Å². The average Bonchev–Trinajstić information content (AvgIpc) is 3.18. The van der Waals surface area contributed by atoms with Crippen molar-refractivity contribution in [3.63, 3.8) is 0 Å². The fourth-order valence-electron chi connectivity index (χ4n) is 3.89. The summed E-state index contributed by atoms with van der Waals surface area (Å²) in [4.78, 5) is 42.4. The normalized spacial score (nSPS) is 11.2. The summed E-state index contributed by atoms with van der Waals surface area (Å²) < 4.78 is 64.6. The van der Waals surface area contributed by atoms with Crippen molar-refractivity contribution in [3.05, 3.63) is 11.4 Å². The number of aromatic nitrogens is 2. The first-order chi connectivity index (χ1) is 27.0. The number of nitrogens with two attached hydrogens (primary N) is 2. The SMILES string of the molecule is COCCOCCOCCOCCOCCOCCOCCOCCOCCOCCOCCOCCC(=O)NCCNC(=O)c1nc(N)c(C=O)nc1N. The lowest BCUT2D eigenvalue weighted by molar-refractivity contribution is -0.122. The van der Waals surface area contributed by atoms with E-state index < -0.39 is 5.91 Å². The molecule has 0 radical (unpaired) electrons. The number of rotatable bonds is 41. The molecule has 0 aliphatic heterocycles. The number of aldehydes is 1. The van der Waals surface area contributed by atoms with Crippen LogP contribution >= 0.6 is 0 Å². The fourth-order valence-corrected chi connectivity index (χ4v) is 3.89. The Labute approximate surface area is 322 Å². The summed E-state index contributed by atoms with van der Waals surface area (Å²) in [5.41, 5.74) is 10.9. The van der Waals surface area contributed by atoms with Crippen LogP contribution in [-0.2, 0) is 61.6 Å². The lowest BCUT2D eigenvalue weighted by Crippen LogP contribution is -2.35. The third kappa shape index (κ3) is 30.7. The van der Waals surface area contributed by atoms with Gasteiger partial charge in [0.15, 0.2) is 23.6 Å². The first kappa shape index (κ1) is 49.8. The van der Waals surface area contributed by atoms with Crippen molar-refractivity contribution in [2.45, 2.75) is 6.42 Å². The highest BCUT2D eigenvalue weighted by atomic mass is 16.6. The molecule has 6 N–H and O–H groups in total. The van der Waals surface area contributed by atoms with Crippen LogP contribution in [0.15, 0.2) is 0 Å². The van der Waals surface area contributed by atoms with Gasteiger partial charge in [0.1, 0.15) is 5.69 Å². The van der Waals surface area contributed by atoms with Crippen molar-refractivity contribution >= 4 is 29.7 Å². The Hall–Kier alpha value is -3.19. The van der Waals surface area contributed by atoms with E-state index >= 15 is 0 Å². The molecule has 0 unspecified atom stereocenters. The maximum absolute atomic E-state index is 12.2. The summed E-state index contributed by atoms with van der Waals surface area (Å²) in [6.45, 7) is 11.0. The maximum Gasteiger partial charge on any atom is 0.273 e. The van der Waals surface area contributed by atoms with Gasteiger partial charge in [-0.15, -0.1) is 0 Å². The number of nitrogen functional groups attached to an aromatic ring is 2. The molecule has 0 atom stereocenters. The standard InChI is InChI=1S/C34H62N6O15/c1-44-6-7-46-10-11-48-14-15-50-18-19-52-22-23-54-26-27-55-25-24-53-21-20-51-17-16-49-13-12-47-9-8-45-5-2-30(42)37-3-4-38-34(43)31-33(36)39-29(28-41)32(35)40-31/h28H,2-27H2,1H3,(H2,35,40)(H2,36,39)(H,37,42)(H,38,43). The predicted molar refractivity (Wildman–Crippen MR) is 197 cm³/mol. The summed E-state index contributed by atoms with van der Waals surface area (Å²) in [6.07, 6.45) is 0.541. The molecule has 1 rings (SSSR count). The second kappa shape index (κ2) is 37.7. The molecule has 0 spiro atoms. The van der Waals surface area contributed by atoms with Gasteiger partial charge < -0.3 is 78.9 Å². The van der Waals surface area contributed by atoms with Crippen LogP contribution < -0.4 is 22.1 Å². The van der Waals surface area contributed by atoms with Crippen molar-refractivity contribution in [2.24, 2.45) is 0 Å². The zero-order valence-corrected chi connectivity index (χ0v) is 32.1. The van der Waals surface area contributed by atoms with Gasteiger partial charge in [-0.05, 0) is 0 Å². The van der Waals surface area contributed by atoms with E-state index in [9.17, 15) is 14.4 Å². The first-order valence-electron chi connectivity index (χ1n) is 18.3. The van der Waals surface area contributed by atoms with Gasteiger partial charge in [-0.25, -0.2) is 9.97 Å². The molecule has 0 bridgehead atoms. The largest absolute Gasteiger partial charge is 0.382 e. The zero-order valence-electron chi connectivity index (χ0n) is 32.1. The number of carbonyl (C=O) groups excluding carboxylic acids is 3. The highest BCUT2D eigenvalue weighted by molar-refractivity contribution is 5.97. The number of hydrogen-bond donors (Lipinski definition) is 4. The van der Waals surface area contributed by atoms with E-state index in [1.807, 2.05) is 0 Å². The van der Waals surface area contributed by atoms with Gasteiger partial charge in [0.25, 0.3) is 5.91 Å². The van der Waals surface area contributed by atoms with Crippen LogP contribution in [0.4, 0.5) is 11.6 Å². The lowest BCUT2D eigenvalue weighted by Gasteiger charge is -2.09. The van der Waals surface area contributed by atoms with E-state index in [4.69, 9.17) is 68.3 Å². The van der Waals surface area contributed by atoms with Gasteiger partial charge >= 0.3 is 0 Å². The number of anilines is 2. The number of methoxy groups -OCH3 is 1. The van der Waals surface area contributed by atoms with Gasteiger partial charge in [0.05, 0.1) is 152 Å². The third-order valence-corrected chi connectivity index (χ3v) is 6.66. The molecule has 55 heavy (non-hydrogen) atoms. The van der Waals surface area contributed by atoms with E-state index in [-0.39, 0.29) is 55.0 Å². The smallest absolute Gasteiger partial charge is 0.273 e. The van der Waals surface area contributed by atoms with E-state index in [0.29, 0.717) is 152 Å². The van der Waals surface area contributed by atoms with Crippen molar-refractivity contribution in [3.8, 4) is 0 Å². The summed E-state index contributed by atoms with van der Waals surface area (Å²) in [5.74, 6) is -1.29. The van der Waals surface area contributed by atoms with Crippen LogP contribution in [0, 0.1) is 0 Å². The second-order valence-electron chi connectivity index (χ2n) is 10.9. The summed E-state index contributed by atoms with van der Waals surface area (Å²) >= 11 is 0. The van der Waals surface area contributed by atoms with E-state index in [1.165, 1.54) is 0 Å². The quantitative estimate of drug-likeness (QED) is 0.0435. The molecule has 0 saturated heterocycles. The molecular weight excluding hydrogens is 732 g/mol. The molecular formula is C34H62N6O15. The number of nitrogens with one attached hydrogen (secondary N) is 2. The molecule has 0 aliphatic rings. The summed E-state index contributed by atoms with van der Waals surface area (Å²) in [6, 6.07) is 0. The number of amides is 2. The van der Waals surface area contributed by atoms with Crippen LogP contribution in [0.5, 0.6) is 0 Å². The second-order valence-corrected chi connectivity index (χ2v) is 10.9. The van der Waals surface area contributed by atoms with Crippen molar-refractivity contribution in [1.29, 1.82) is 0 Å². The molecule has 0 aliphatic carbocycles. The third-order valence-electron chi connectivity index (χ3n) is 6.66. The van der Waals surface area contributed by atoms with Gasteiger partial charge in [-0.2, -0.15) is 0 Å². The zero-order chi connectivity index (χ0) is 39.9. The fraction of sp³-hybridized carbons (Fsp3) is 0.794. The molecule has 1 aromatic heterocycles. The minimum Gasteiger partial charge on any atom is -0.382 e. The molecule has 318 valence electrons. The van der Waals surface area contributed by atoms with Crippen molar-refractivity contribution < 1.29 is 71.2 Å². The summed E-state index contributed by atoms with van der Waals surface area (Å²) in [7, 11) is 1.64. The monoisotopic (exact) mass is 794 g/mol. The van der Waals surface area contributed by atoms with Gasteiger partial charge in [-0.3, -0.25) is 14.4 Å². The Morgan fingerprint density at radius 2 is 0.818 bits per heavy atom. The molecule has 1 heterocycles. The molecule has 21 nitrogen and oxygen atoms in total. The molecule has 1 aromatic rings. The van der Waals surface area contributed by atoms with E-state index in [0.717, 1.165) is 0 Å². The van der Waals surface area contributed by atoms with Crippen molar-refractivity contribution in [1.82, 2.24) is 20.6 Å². The van der Waals surface area contributed by atoms with Crippen LogP contribution in [0.3, 0.4) is 0 Å². The number of carbonyl (C=O) groups is 3. The number of hydrogen-bond acceptors (Lipinski definition) is 19. The minimum absolute atomic E-state index is 0.121. The van der Waals surface area contributed by atoms with Crippen LogP contribution in [0.25, 0.3) is 0 Å². The highest BCUT2D eigenvalue weighted by Crippen LogP contribution is 2.11. The van der Waals surface area contributed by atoms with E-state index in [2.05, 4.69) is 20.6 Å². The Kier molecular flexibility index (Phi) is 34.2. The van der Waals surface area contributed by atoms with Crippen LogP contribution in [-0.4, -0.2) is 200 Å². The average molecular weight is 795 g/mol.